The highest BCUT2D eigenvalue weighted by molar-refractivity contribution is 6.09. The molecule has 0 aliphatic carbocycles. The van der Waals surface area contributed by atoms with Crippen LogP contribution in [0.15, 0.2) is 72.8 Å². The van der Waals surface area contributed by atoms with Crippen LogP contribution in [-0.2, 0) is 9.53 Å². The Hall–Kier alpha value is -4.13. The van der Waals surface area contributed by atoms with Crippen molar-refractivity contribution in [3.63, 3.8) is 0 Å². The fourth-order valence-electron chi connectivity index (χ4n) is 2.94. The van der Waals surface area contributed by atoms with Crippen molar-refractivity contribution in [3.8, 4) is 5.75 Å². The maximum absolute atomic E-state index is 12.8. The summed E-state index contributed by atoms with van der Waals surface area (Å²) >= 11 is 0. The molecule has 0 unspecified atom stereocenters. The molecule has 7 nitrogen and oxygen atoms in total. The molecule has 0 spiro atoms. The van der Waals surface area contributed by atoms with E-state index in [2.05, 4.69) is 10.6 Å². The molecule has 158 valence electrons. The third-order valence-electron chi connectivity index (χ3n) is 4.55. The van der Waals surface area contributed by atoms with Gasteiger partial charge < -0.3 is 20.1 Å². The predicted molar refractivity (Wildman–Crippen MR) is 117 cm³/mol. The number of amides is 2. The lowest BCUT2D eigenvalue weighted by atomic mass is 10.1. The monoisotopic (exact) mass is 418 g/mol. The molecule has 0 aromatic heterocycles. The molecule has 3 aromatic rings. The van der Waals surface area contributed by atoms with Gasteiger partial charge in [-0.15, -0.1) is 0 Å². The van der Waals surface area contributed by atoms with Gasteiger partial charge in [-0.1, -0.05) is 36.4 Å². The Balaban J connectivity index is 1.71. The molecule has 7 heteroatoms. The Morgan fingerprint density at radius 3 is 2.16 bits per heavy atom. The lowest BCUT2D eigenvalue weighted by Crippen LogP contribution is -2.22. The molecule has 0 aliphatic rings. The zero-order valence-corrected chi connectivity index (χ0v) is 17.2. The number of carbonyl (C=O) groups is 3. The van der Waals surface area contributed by atoms with Gasteiger partial charge in [-0.25, -0.2) is 4.79 Å². The number of anilines is 2. The third-order valence-corrected chi connectivity index (χ3v) is 4.55. The lowest BCUT2D eigenvalue weighted by molar-refractivity contribution is -0.118. The molecule has 0 fully saturated rings. The quantitative estimate of drug-likeness (QED) is 0.565. The molecular formula is C24H22N2O5. The Morgan fingerprint density at radius 1 is 0.774 bits per heavy atom. The smallest absolute Gasteiger partial charge is 0.339 e. The Bertz CT molecular complexity index is 1100. The van der Waals surface area contributed by atoms with Crippen molar-refractivity contribution in [3.05, 3.63) is 89.5 Å². The van der Waals surface area contributed by atoms with Crippen LogP contribution >= 0.6 is 0 Å². The molecule has 0 saturated carbocycles. The van der Waals surface area contributed by atoms with Crippen LogP contribution in [0.2, 0.25) is 0 Å². The van der Waals surface area contributed by atoms with Gasteiger partial charge in [-0.3, -0.25) is 9.59 Å². The summed E-state index contributed by atoms with van der Waals surface area (Å²) in [5, 5.41) is 5.49. The van der Waals surface area contributed by atoms with Crippen LogP contribution in [0.25, 0.3) is 0 Å². The predicted octanol–water partition coefficient (Wildman–Crippen LogP) is 4.05. The minimum atomic E-state index is -0.549. The fourth-order valence-corrected chi connectivity index (χ4v) is 2.94. The molecule has 31 heavy (non-hydrogen) atoms. The van der Waals surface area contributed by atoms with E-state index >= 15 is 0 Å². The topological polar surface area (TPSA) is 93.7 Å². The van der Waals surface area contributed by atoms with Crippen LogP contribution in [0, 0.1) is 6.92 Å². The van der Waals surface area contributed by atoms with Crippen LogP contribution in [0.5, 0.6) is 5.75 Å². The minimum absolute atomic E-state index is 0.160. The van der Waals surface area contributed by atoms with E-state index < -0.39 is 11.9 Å². The first-order valence-corrected chi connectivity index (χ1v) is 9.55. The van der Waals surface area contributed by atoms with E-state index in [1.165, 1.54) is 7.11 Å². The van der Waals surface area contributed by atoms with Gasteiger partial charge in [-0.2, -0.15) is 0 Å². The van der Waals surface area contributed by atoms with Crippen LogP contribution in [0.3, 0.4) is 0 Å². The zero-order chi connectivity index (χ0) is 22.2. The number of esters is 1. The van der Waals surface area contributed by atoms with Gasteiger partial charge in [0.05, 0.1) is 18.4 Å². The second kappa shape index (κ2) is 10.1. The molecule has 0 aliphatic heterocycles. The Morgan fingerprint density at radius 2 is 1.42 bits per heavy atom. The summed E-state index contributed by atoms with van der Waals surface area (Å²) in [4.78, 5) is 37.0. The summed E-state index contributed by atoms with van der Waals surface area (Å²) in [6.45, 7) is 1.57. The summed E-state index contributed by atoms with van der Waals surface area (Å²) < 4.78 is 10.2. The van der Waals surface area contributed by atoms with Crippen molar-refractivity contribution in [2.45, 2.75) is 6.92 Å². The van der Waals surface area contributed by atoms with Gasteiger partial charge >= 0.3 is 5.97 Å². The highest BCUT2D eigenvalue weighted by Gasteiger charge is 2.17. The summed E-state index contributed by atoms with van der Waals surface area (Å²) in [5.74, 6) is -0.718. The van der Waals surface area contributed by atoms with Gasteiger partial charge in [0, 0.05) is 11.3 Å². The lowest BCUT2D eigenvalue weighted by Gasteiger charge is -2.14. The molecule has 2 N–H and O–H groups in total. The van der Waals surface area contributed by atoms with Crippen molar-refractivity contribution < 1.29 is 23.9 Å². The van der Waals surface area contributed by atoms with E-state index in [0.29, 0.717) is 28.3 Å². The number of methoxy groups -OCH3 is 1. The number of carbonyl (C=O) groups excluding carboxylic acids is 3. The number of benzene rings is 3. The first-order chi connectivity index (χ1) is 15.0. The first-order valence-electron chi connectivity index (χ1n) is 9.55. The number of rotatable bonds is 7. The SMILES string of the molecule is COC(=O)c1ccccc1NC(=O)c1cccc(NC(=O)COc2ccccc2)c1C. The molecule has 0 bridgehead atoms. The van der Waals surface area contributed by atoms with Gasteiger partial charge in [0.15, 0.2) is 6.61 Å². The molecule has 0 atom stereocenters. The van der Waals surface area contributed by atoms with Crippen molar-refractivity contribution in [1.29, 1.82) is 0 Å². The Kier molecular flexibility index (Phi) is 7.01. The molecule has 3 aromatic carbocycles. The van der Waals surface area contributed by atoms with Crippen LogP contribution in [0.1, 0.15) is 26.3 Å². The second-order valence-electron chi connectivity index (χ2n) is 6.62. The number of hydrogen-bond donors (Lipinski definition) is 2. The molecule has 0 saturated heterocycles. The summed E-state index contributed by atoms with van der Waals surface area (Å²) in [6, 6.07) is 20.6. The van der Waals surface area contributed by atoms with E-state index in [9.17, 15) is 14.4 Å². The fraction of sp³-hybridized carbons (Fsp3) is 0.125. The average molecular weight is 418 g/mol. The van der Waals surface area contributed by atoms with E-state index in [0.717, 1.165) is 0 Å². The highest BCUT2D eigenvalue weighted by Crippen LogP contribution is 2.22. The van der Waals surface area contributed by atoms with Gasteiger partial charge in [-0.05, 0) is 48.9 Å². The third kappa shape index (κ3) is 5.48. The van der Waals surface area contributed by atoms with E-state index in [-0.39, 0.29) is 18.1 Å². The van der Waals surface area contributed by atoms with Crippen molar-refractivity contribution >= 4 is 29.2 Å². The number of hydrogen-bond acceptors (Lipinski definition) is 5. The van der Waals surface area contributed by atoms with E-state index in [1.807, 2.05) is 18.2 Å². The van der Waals surface area contributed by atoms with E-state index in [4.69, 9.17) is 9.47 Å². The van der Waals surface area contributed by atoms with Crippen molar-refractivity contribution in [2.24, 2.45) is 0 Å². The largest absolute Gasteiger partial charge is 0.484 e. The molecular weight excluding hydrogens is 396 g/mol. The minimum Gasteiger partial charge on any atom is -0.484 e. The molecule has 0 heterocycles. The molecule has 3 rings (SSSR count). The maximum atomic E-state index is 12.8. The maximum Gasteiger partial charge on any atom is 0.339 e. The van der Waals surface area contributed by atoms with Crippen LogP contribution < -0.4 is 15.4 Å². The normalized spacial score (nSPS) is 10.1. The zero-order valence-electron chi connectivity index (χ0n) is 17.2. The Labute approximate surface area is 180 Å². The summed E-state index contributed by atoms with van der Waals surface area (Å²) in [7, 11) is 1.28. The van der Waals surface area contributed by atoms with Gasteiger partial charge in [0.25, 0.3) is 11.8 Å². The number of para-hydroxylation sites is 2. The van der Waals surface area contributed by atoms with Gasteiger partial charge in [0.1, 0.15) is 5.75 Å². The molecule has 0 radical (unpaired) electrons. The molecule has 2 amide bonds. The van der Waals surface area contributed by atoms with Gasteiger partial charge in [0.2, 0.25) is 0 Å². The van der Waals surface area contributed by atoms with Crippen LogP contribution in [0.4, 0.5) is 11.4 Å². The number of ether oxygens (including phenoxy) is 2. The summed E-state index contributed by atoms with van der Waals surface area (Å²) in [5.41, 5.74) is 2.03. The van der Waals surface area contributed by atoms with Crippen LogP contribution in [-0.4, -0.2) is 31.5 Å². The average Bonchev–Trinajstić information content (AvgIpc) is 2.79. The van der Waals surface area contributed by atoms with Crippen molar-refractivity contribution in [1.82, 2.24) is 0 Å². The highest BCUT2D eigenvalue weighted by atomic mass is 16.5. The van der Waals surface area contributed by atoms with Crippen molar-refractivity contribution in [2.75, 3.05) is 24.4 Å². The number of nitrogens with one attached hydrogen (secondary N) is 2. The van der Waals surface area contributed by atoms with E-state index in [1.54, 1.807) is 61.5 Å². The standard InChI is InChI=1S/C24H22N2O5/c1-16-18(23(28)26-21-13-7-6-11-19(21)24(29)30-2)12-8-14-20(16)25-22(27)15-31-17-9-4-3-5-10-17/h3-14H,15H2,1-2H3,(H,25,27)(H,26,28). The second-order valence-corrected chi connectivity index (χ2v) is 6.62. The summed E-state index contributed by atoms with van der Waals surface area (Å²) in [6.07, 6.45) is 0. The first kappa shape index (κ1) is 21.6.